The molecule has 3 heteroatoms. The Bertz CT molecular complexity index is 163. The van der Waals surface area contributed by atoms with Crippen LogP contribution in [0.1, 0.15) is 25.7 Å². The monoisotopic (exact) mass is 199 g/mol. The molecule has 0 unspecified atom stereocenters. The Hall–Kier alpha value is -0.120. The number of rotatable bonds is 4. The first-order valence-corrected chi connectivity index (χ1v) is 5.81. The number of nitrogens with one attached hydrogen (secondary N) is 1. The summed E-state index contributed by atoms with van der Waals surface area (Å²) in [5.74, 6) is 1.54. The van der Waals surface area contributed by atoms with E-state index in [1.807, 2.05) is 0 Å². The van der Waals surface area contributed by atoms with Crippen LogP contribution in [0.5, 0.6) is 0 Å². The van der Waals surface area contributed by atoms with E-state index in [4.69, 9.17) is 9.84 Å². The second kappa shape index (κ2) is 5.10. The van der Waals surface area contributed by atoms with Gasteiger partial charge in [0.1, 0.15) is 0 Å². The van der Waals surface area contributed by atoms with Gasteiger partial charge in [-0.2, -0.15) is 0 Å². The standard InChI is InChI=1S/C11H21NO2/c13-11-5-10(6-11)8-12-7-9-1-3-14-4-2-9/h9-13H,1-8H2. The minimum absolute atomic E-state index is 0.00937. The summed E-state index contributed by atoms with van der Waals surface area (Å²) in [5.41, 5.74) is 0. The molecule has 0 aromatic heterocycles. The van der Waals surface area contributed by atoms with Crippen LogP contribution in [-0.2, 0) is 4.74 Å². The summed E-state index contributed by atoms with van der Waals surface area (Å²) >= 11 is 0. The van der Waals surface area contributed by atoms with E-state index in [2.05, 4.69) is 5.32 Å². The Morgan fingerprint density at radius 3 is 2.36 bits per heavy atom. The van der Waals surface area contributed by atoms with Gasteiger partial charge in [-0.05, 0) is 50.6 Å². The lowest BCUT2D eigenvalue weighted by Gasteiger charge is -2.32. The molecule has 82 valence electrons. The summed E-state index contributed by atoms with van der Waals surface area (Å²) in [4.78, 5) is 0. The lowest BCUT2D eigenvalue weighted by Crippen LogP contribution is -2.38. The van der Waals surface area contributed by atoms with E-state index >= 15 is 0 Å². The summed E-state index contributed by atoms with van der Waals surface area (Å²) in [6.45, 7) is 4.10. The van der Waals surface area contributed by atoms with Crippen LogP contribution in [0.15, 0.2) is 0 Å². The van der Waals surface area contributed by atoms with Gasteiger partial charge in [0.2, 0.25) is 0 Å². The second-order valence-corrected chi connectivity index (χ2v) is 4.71. The van der Waals surface area contributed by atoms with Gasteiger partial charge in [0.15, 0.2) is 0 Å². The van der Waals surface area contributed by atoms with Crippen LogP contribution in [-0.4, -0.2) is 37.5 Å². The minimum atomic E-state index is -0.00937. The van der Waals surface area contributed by atoms with Crippen molar-refractivity contribution >= 4 is 0 Å². The van der Waals surface area contributed by atoms with Gasteiger partial charge in [0.25, 0.3) is 0 Å². The van der Waals surface area contributed by atoms with Gasteiger partial charge in [-0.25, -0.2) is 0 Å². The van der Waals surface area contributed by atoms with Crippen molar-refractivity contribution < 1.29 is 9.84 Å². The zero-order chi connectivity index (χ0) is 9.80. The van der Waals surface area contributed by atoms with E-state index in [-0.39, 0.29) is 6.10 Å². The Morgan fingerprint density at radius 2 is 1.71 bits per heavy atom. The van der Waals surface area contributed by atoms with Gasteiger partial charge < -0.3 is 15.2 Å². The molecular formula is C11H21NO2. The molecule has 1 saturated carbocycles. The number of ether oxygens (including phenoxy) is 1. The van der Waals surface area contributed by atoms with Crippen molar-refractivity contribution in [3.63, 3.8) is 0 Å². The molecule has 0 atom stereocenters. The van der Waals surface area contributed by atoms with Crippen LogP contribution in [0.3, 0.4) is 0 Å². The SMILES string of the molecule is OC1CC(CNCC2CCOCC2)C1. The molecule has 1 heterocycles. The Morgan fingerprint density at radius 1 is 1.07 bits per heavy atom. The molecule has 0 aromatic carbocycles. The topological polar surface area (TPSA) is 41.5 Å². The van der Waals surface area contributed by atoms with Crippen molar-refractivity contribution in [2.45, 2.75) is 31.8 Å². The Balaban J connectivity index is 1.50. The van der Waals surface area contributed by atoms with Crippen molar-refractivity contribution in [3.8, 4) is 0 Å². The first kappa shape index (κ1) is 10.4. The third kappa shape index (κ3) is 2.94. The van der Waals surface area contributed by atoms with E-state index in [1.54, 1.807) is 0 Å². The second-order valence-electron chi connectivity index (χ2n) is 4.71. The van der Waals surface area contributed by atoms with Crippen LogP contribution < -0.4 is 5.32 Å². The fraction of sp³-hybridized carbons (Fsp3) is 1.00. The molecule has 3 nitrogen and oxygen atoms in total. The minimum Gasteiger partial charge on any atom is -0.393 e. The zero-order valence-electron chi connectivity index (χ0n) is 8.74. The van der Waals surface area contributed by atoms with Gasteiger partial charge in [-0.3, -0.25) is 0 Å². The van der Waals surface area contributed by atoms with Crippen molar-refractivity contribution in [1.82, 2.24) is 5.32 Å². The molecule has 0 radical (unpaired) electrons. The quantitative estimate of drug-likeness (QED) is 0.703. The molecular weight excluding hydrogens is 178 g/mol. The molecule has 1 saturated heterocycles. The van der Waals surface area contributed by atoms with Crippen molar-refractivity contribution in [1.29, 1.82) is 0 Å². The molecule has 2 rings (SSSR count). The van der Waals surface area contributed by atoms with Gasteiger partial charge >= 0.3 is 0 Å². The van der Waals surface area contributed by atoms with E-state index < -0.39 is 0 Å². The van der Waals surface area contributed by atoms with Gasteiger partial charge in [-0.1, -0.05) is 0 Å². The lowest BCUT2D eigenvalue weighted by atomic mass is 9.82. The molecule has 0 bridgehead atoms. The molecule has 0 amide bonds. The van der Waals surface area contributed by atoms with Crippen molar-refractivity contribution in [3.05, 3.63) is 0 Å². The maximum atomic E-state index is 9.12. The van der Waals surface area contributed by atoms with E-state index in [0.29, 0.717) is 0 Å². The van der Waals surface area contributed by atoms with Crippen LogP contribution in [0, 0.1) is 11.8 Å². The number of aliphatic hydroxyl groups is 1. The summed E-state index contributed by atoms with van der Waals surface area (Å²) in [7, 11) is 0. The molecule has 1 aliphatic carbocycles. The third-order valence-electron chi connectivity index (χ3n) is 3.42. The average Bonchev–Trinajstić information content (AvgIpc) is 2.17. The summed E-state index contributed by atoms with van der Waals surface area (Å²) in [5, 5.41) is 12.6. The Labute approximate surface area is 85.8 Å². The van der Waals surface area contributed by atoms with Crippen LogP contribution in [0.4, 0.5) is 0 Å². The summed E-state index contributed by atoms with van der Waals surface area (Å²) < 4.78 is 5.31. The van der Waals surface area contributed by atoms with E-state index in [0.717, 1.165) is 51.0 Å². The van der Waals surface area contributed by atoms with Gasteiger partial charge in [-0.15, -0.1) is 0 Å². The smallest absolute Gasteiger partial charge is 0.0546 e. The van der Waals surface area contributed by atoms with Crippen molar-refractivity contribution in [2.24, 2.45) is 11.8 Å². The molecule has 0 aromatic rings. The maximum absolute atomic E-state index is 9.12. The van der Waals surface area contributed by atoms with E-state index in [1.165, 1.54) is 12.8 Å². The third-order valence-corrected chi connectivity index (χ3v) is 3.42. The highest BCUT2D eigenvalue weighted by molar-refractivity contribution is 4.80. The Kier molecular flexibility index (Phi) is 3.79. The highest BCUT2D eigenvalue weighted by Crippen LogP contribution is 2.26. The van der Waals surface area contributed by atoms with Crippen LogP contribution in [0.25, 0.3) is 0 Å². The molecule has 2 N–H and O–H groups in total. The number of aliphatic hydroxyl groups excluding tert-OH is 1. The van der Waals surface area contributed by atoms with E-state index in [9.17, 15) is 0 Å². The predicted octanol–water partition coefficient (Wildman–Crippen LogP) is 0.773. The summed E-state index contributed by atoms with van der Waals surface area (Å²) in [6, 6.07) is 0. The highest BCUT2D eigenvalue weighted by Gasteiger charge is 2.26. The molecule has 1 aliphatic heterocycles. The summed E-state index contributed by atoms with van der Waals surface area (Å²) in [6.07, 6.45) is 4.41. The number of hydrogen-bond donors (Lipinski definition) is 2. The van der Waals surface area contributed by atoms with Crippen LogP contribution in [0.2, 0.25) is 0 Å². The fourth-order valence-electron chi connectivity index (χ4n) is 2.31. The normalized spacial score (nSPS) is 34.1. The van der Waals surface area contributed by atoms with Crippen LogP contribution >= 0.6 is 0 Å². The molecule has 0 spiro atoms. The van der Waals surface area contributed by atoms with Gasteiger partial charge in [0, 0.05) is 13.2 Å². The molecule has 2 aliphatic rings. The maximum Gasteiger partial charge on any atom is 0.0546 e. The fourth-order valence-corrected chi connectivity index (χ4v) is 2.31. The average molecular weight is 199 g/mol. The molecule has 14 heavy (non-hydrogen) atoms. The first-order valence-electron chi connectivity index (χ1n) is 5.81. The first-order chi connectivity index (χ1) is 6.84. The highest BCUT2D eigenvalue weighted by atomic mass is 16.5. The number of hydrogen-bond acceptors (Lipinski definition) is 3. The van der Waals surface area contributed by atoms with Gasteiger partial charge in [0.05, 0.1) is 6.10 Å². The lowest BCUT2D eigenvalue weighted by molar-refractivity contribution is 0.0399. The van der Waals surface area contributed by atoms with Crippen molar-refractivity contribution in [2.75, 3.05) is 26.3 Å². The zero-order valence-corrected chi connectivity index (χ0v) is 8.74. The predicted molar refractivity (Wildman–Crippen MR) is 55.1 cm³/mol. The largest absolute Gasteiger partial charge is 0.393 e. The molecule has 2 fully saturated rings.